The summed E-state index contributed by atoms with van der Waals surface area (Å²) in [5.74, 6) is 1.60. The summed E-state index contributed by atoms with van der Waals surface area (Å²) in [5.41, 5.74) is 9.09. The van der Waals surface area contributed by atoms with Crippen LogP contribution in [0.3, 0.4) is 0 Å². The number of nitrogens with one attached hydrogen (secondary N) is 2. The van der Waals surface area contributed by atoms with Crippen molar-refractivity contribution in [3.05, 3.63) is 42.1 Å². The average Bonchev–Trinajstić information content (AvgIpc) is 3.43. The summed E-state index contributed by atoms with van der Waals surface area (Å²) >= 11 is 0. The van der Waals surface area contributed by atoms with Gasteiger partial charge in [-0.15, -0.1) is 24.8 Å². The topological polar surface area (TPSA) is 93.7 Å². The van der Waals surface area contributed by atoms with E-state index in [-0.39, 0.29) is 30.9 Å². The van der Waals surface area contributed by atoms with Crippen molar-refractivity contribution >= 4 is 47.9 Å². The maximum atomic E-state index is 6.06. The molecule has 180 valence electrons. The molecule has 9 heteroatoms. The summed E-state index contributed by atoms with van der Waals surface area (Å²) in [7, 11) is 0. The zero-order valence-corrected chi connectivity index (χ0v) is 20.7. The van der Waals surface area contributed by atoms with Gasteiger partial charge in [0.2, 0.25) is 11.9 Å². The lowest BCUT2D eigenvalue weighted by molar-refractivity contribution is 0.410. The first-order valence-electron chi connectivity index (χ1n) is 11.8. The van der Waals surface area contributed by atoms with Crippen molar-refractivity contribution in [1.82, 2.24) is 19.5 Å². The summed E-state index contributed by atoms with van der Waals surface area (Å²) in [6.07, 6.45) is 11.0. The van der Waals surface area contributed by atoms with Crippen molar-refractivity contribution in [3.63, 3.8) is 0 Å². The number of imidazole rings is 1. The van der Waals surface area contributed by atoms with E-state index in [0.717, 1.165) is 42.8 Å². The van der Waals surface area contributed by atoms with Crippen LogP contribution in [0.15, 0.2) is 36.5 Å². The number of benzene rings is 1. The number of halogens is 2. The molecule has 0 amide bonds. The molecule has 2 saturated carbocycles. The fourth-order valence-corrected chi connectivity index (χ4v) is 5.04. The summed E-state index contributed by atoms with van der Waals surface area (Å²) in [6.45, 7) is 2.18. The van der Waals surface area contributed by atoms with Gasteiger partial charge in [-0.25, -0.2) is 9.97 Å². The summed E-state index contributed by atoms with van der Waals surface area (Å²) in [4.78, 5) is 14.4. The number of anilines is 2. The van der Waals surface area contributed by atoms with Gasteiger partial charge in [-0.3, -0.25) is 4.57 Å². The van der Waals surface area contributed by atoms with E-state index in [4.69, 9.17) is 15.7 Å². The van der Waals surface area contributed by atoms with Crippen molar-refractivity contribution < 1.29 is 0 Å². The number of rotatable bonds is 6. The molecule has 2 aromatic heterocycles. The molecular weight excluding hydrogens is 457 g/mol. The molecule has 2 fully saturated rings. The molecule has 0 radical (unpaired) electrons. The van der Waals surface area contributed by atoms with Crippen LogP contribution in [0.2, 0.25) is 0 Å². The Morgan fingerprint density at radius 3 is 2.36 bits per heavy atom. The lowest BCUT2D eigenvalue weighted by atomic mass is 9.92. The third-order valence-electron chi connectivity index (χ3n) is 6.87. The van der Waals surface area contributed by atoms with E-state index in [1.165, 1.54) is 31.2 Å². The van der Waals surface area contributed by atoms with E-state index in [0.29, 0.717) is 24.1 Å². The SMILES string of the molecule is CC(Nc1nc2cnc(N[C@H]3CC[C@H](N)CC3)nc2n1C1CCCC1)c1ccccc1.Cl.Cl. The Morgan fingerprint density at radius 2 is 1.67 bits per heavy atom. The first-order valence-corrected chi connectivity index (χ1v) is 11.8. The van der Waals surface area contributed by atoms with E-state index in [1.807, 2.05) is 12.3 Å². The second-order valence-electron chi connectivity index (χ2n) is 9.18. The maximum absolute atomic E-state index is 6.06. The molecule has 0 saturated heterocycles. The minimum absolute atomic E-state index is 0. The molecule has 0 aliphatic heterocycles. The maximum Gasteiger partial charge on any atom is 0.224 e. The molecule has 33 heavy (non-hydrogen) atoms. The van der Waals surface area contributed by atoms with E-state index in [1.54, 1.807) is 0 Å². The van der Waals surface area contributed by atoms with Crippen molar-refractivity contribution in [2.24, 2.45) is 5.73 Å². The van der Waals surface area contributed by atoms with Crippen LogP contribution >= 0.6 is 24.8 Å². The van der Waals surface area contributed by atoms with Gasteiger partial charge in [0.25, 0.3) is 0 Å². The third kappa shape index (κ3) is 5.70. The second-order valence-corrected chi connectivity index (χ2v) is 9.18. The highest BCUT2D eigenvalue weighted by Gasteiger charge is 2.25. The molecule has 0 spiro atoms. The Labute approximate surface area is 208 Å². The Morgan fingerprint density at radius 1 is 0.970 bits per heavy atom. The number of nitrogens with zero attached hydrogens (tertiary/aromatic N) is 4. The molecule has 4 N–H and O–H groups in total. The highest BCUT2D eigenvalue weighted by atomic mass is 35.5. The Kier molecular flexibility index (Phi) is 8.79. The first-order chi connectivity index (χ1) is 15.2. The number of aromatic nitrogens is 4. The molecule has 1 atom stereocenters. The van der Waals surface area contributed by atoms with E-state index >= 15 is 0 Å². The van der Waals surface area contributed by atoms with Gasteiger partial charge in [0, 0.05) is 18.1 Å². The second kappa shape index (κ2) is 11.4. The van der Waals surface area contributed by atoms with Crippen LogP contribution in [0.5, 0.6) is 0 Å². The van der Waals surface area contributed by atoms with Crippen LogP contribution in [0.1, 0.15) is 75.9 Å². The number of hydrogen-bond acceptors (Lipinski definition) is 6. The Hall–Kier alpha value is -2.09. The lowest BCUT2D eigenvalue weighted by Crippen LogP contribution is -2.33. The predicted octanol–water partition coefficient (Wildman–Crippen LogP) is 5.64. The summed E-state index contributed by atoms with van der Waals surface area (Å²) in [6, 6.07) is 11.8. The van der Waals surface area contributed by atoms with Gasteiger partial charge in [0.05, 0.1) is 12.2 Å². The van der Waals surface area contributed by atoms with Crippen LogP contribution in [-0.4, -0.2) is 31.6 Å². The zero-order valence-electron chi connectivity index (χ0n) is 19.1. The van der Waals surface area contributed by atoms with Gasteiger partial charge >= 0.3 is 0 Å². The summed E-state index contributed by atoms with van der Waals surface area (Å²) < 4.78 is 2.32. The quantitative estimate of drug-likeness (QED) is 0.412. The zero-order chi connectivity index (χ0) is 21.2. The molecule has 0 bridgehead atoms. The lowest BCUT2D eigenvalue weighted by Gasteiger charge is -2.26. The Balaban J connectivity index is 0.00000153. The van der Waals surface area contributed by atoms with Gasteiger partial charge in [0.1, 0.15) is 5.52 Å². The highest BCUT2D eigenvalue weighted by molar-refractivity contribution is 5.85. The molecule has 2 heterocycles. The average molecular weight is 492 g/mol. The van der Waals surface area contributed by atoms with Crippen molar-refractivity contribution in [2.75, 3.05) is 10.6 Å². The minimum atomic E-state index is 0. The third-order valence-corrected chi connectivity index (χ3v) is 6.87. The molecule has 2 aliphatic carbocycles. The molecule has 1 aromatic carbocycles. The molecule has 7 nitrogen and oxygen atoms in total. The predicted molar refractivity (Wildman–Crippen MR) is 140 cm³/mol. The number of fused-ring (bicyclic) bond motifs is 1. The number of hydrogen-bond donors (Lipinski definition) is 3. The standard InChI is InChI=1S/C24H33N7.2ClH/c1-16(17-7-3-2-4-8-17)27-24-29-21-15-26-23(28-19-13-11-18(25)12-14-19)30-22(21)31(24)20-9-5-6-10-20;;/h2-4,7-8,15-16,18-20H,5-6,9-14,25H2,1H3,(H,27,29)(H,26,28,30);2*1H/t16?,18-,19-;;. The fraction of sp³-hybridized carbons (Fsp3) is 0.542. The largest absolute Gasteiger partial charge is 0.351 e. The molecule has 1 unspecified atom stereocenters. The van der Waals surface area contributed by atoms with Crippen LogP contribution in [0.4, 0.5) is 11.9 Å². The number of nitrogens with two attached hydrogens (primary N) is 1. The normalized spacial score (nSPS) is 21.8. The fourth-order valence-electron chi connectivity index (χ4n) is 5.04. The van der Waals surface area contributed by atoms with Gasteiger partial charge in [-0.2, -0.15) is 4.98 Å². The van der Waals surface area contributed by atoms with Crippen molar-refractivity contribution in [1.29, 1.82) is 0 Å². The van der Waals surface area contributed by atoms with Gasteiger partial charge < -0.3 is 16.4 Å². The van der Waals surface area contributed by atoms with Crippen LogP contribution < -0.4 is 16.4 Å². The monoisotopic (exact) mass is 491 g/mol. The molecule has 5 rings (SSSR count). The van der Waals surface area contributed by atoms with Crippen LogP contribution in [0.25, 0.3) is 11.2 Å². The molecule has 3 aromatic rings. The Bertz CT molecular complexity index is 1010. The van der Waals surface area contributed by atoms with Crippen molar-refractivity contribution in [3.8, 4) is 0 Å². The van der Waals surface area contributed by atoms with Crippen molar-refractivity contribution in [2.45, 2.75) is 82.5 Å². The van der Waals surface area contributed by atoms with Crippen LogP contribution in [-0.2, 0) is 0 Å². The smallest absolute Gasteiger partial charge is 0.224 e. The molecular formula is C24H35Cl2N7. The van der Waals surface area contributed by atoms with Crippen LogP contribution in [0, 0.1) is 0 Å². The highest BCUT2D eigenvalue weighted by Crippen LogP contribution is 2.36. The van der Waals surface area contributed by atoms with Gasteiger partial charge in [-0.05, 0) is 51.0 Å². The van der Waals surface area contributed by atoms with Gasteiger partial charge in [0.15, 0.2) is 5.65 Å². The van der Waals surface area contributed by atoms with E-state index in [9.17, 15) is 0 Å². The molecule has 2 aliphatic rings. The first kappa shape index (κ1) is 25.5. The van der Waals surface area contributed by atoms with E-state index in [2.05, 4.69) is 51.4 Å². The van der Waals surface area contributed by atoms with E-state index < -0.39 is 0 Å². The summed E-state index contributed by atoms with van der Waals surface area (Å²) in [5, 5.41) is 7.20. The minimum Gasteiger partial charge on any atom is -0.351 e. The van der Waals surface area contributed by atoms with Gasteiger partial charge in [-0.1, -0.05) is 43.2 Å².